The number of ether oxygens (including phenoxy) is 1. The smallest absolute Gasteiger partial charge is 0.387 e. The molecule has 142 valence electrons. The summed E-state index contributed by atoms with van der Waals surface area (Å²) in [4.78, 5) is 2.00. The van der Waals surface area contributed by atoms with Crippen LogP contribution in [-0.4, -0.2) is 35.2 Å². The number of rotatable bonds is 4. The third kappa shape index (κ3) is 3.41. The van der Waals surface area contributed by atoms with Crippen LogP contribution in [0.15, 0.2) is 54.6 Å². The number of alkyl halides is 2. The second-order valence-electron chi connectivity index (χ2n) is 7.04. The largest absolute Gasteiger partial charge is 0.435 e. The highest BCUT2D eigenvalue weighted by molar-refractivity contribution is 5.97. The highest BCUT2D eigenvalue weighted by Crippen LogP contribution is 2.38. The molecule has 0 fully saturated rings. The lowest BCUT2D eigenvalue weighted by Crippen LogP contribution is -2.47. The lowest BCUT2D eigenvalue weighted by atomic mass is 9.99. The Bertz CT molecular complexity index is 824. The minimum Gasteiger partial charge on any atom is -0.435 e. The monoisotopic (exact) mass is 373 g/mol. The number of hydrogen-bond acceptors (Lipinski definition) is 3. The summed E-state index contributed by atoms with van der Waals surface area (Å²) in [5.74, 6) is 1.21. The van der Waals surface area contributed by atoms with E-state index in [2.05, 4.69) is 9.31 Å². The van der Waals surface area contributed by atoms with Gasteiger partial charge in [0.15, 0.2) is 6.54 Å². The summed E-state index contributed by atoms with van der Waals surface area (Å²) < 4.78 is 31.6. The summed E-state index contributed by atoms with van der Waals surface area (Å²) in [5.41, 5.74) is 0.332. The molecule has 0 radical (unpaired) electrons. The van der Waals surface area contributed by atoms with Crippen LogP contribution in [0.4, 0.5) is 14.5 Å². The van der Waals surface area contributed by atoms with Crippen molar-refractivity contribution >= 4 is 11.5 Å². The SMILES string of the molecule is O[C@]1(c2ccc(OC(F)F)cc2)C[N+]2=C(CCCCC2)N1c1ccccc1. The fourth-order valence-corrected chi connectivity index (χ4v) is 4.09. The minimum atomic E-state index is -2.86. The Labute approximate surface area is 157 Å². The second kappa shape index (κ2) is 7.27. The Kier molecular flexibility index (Phi) is 4.83. The fraction of sp³-hybridized carbons (Fsp3) is 0.381. The van der Waals surface area contributed by atoms with Gasteiger partial charge < -0.3 is 9.84 Å². The van der Waals surface area contributed by atoms with Crippen molar-refractivity contribution in [2.45, 2.75) is 38.0 Å². The van der Waals surface area contributed by atoms with Crippen LogP contribution in [0.1, 0.15) is 31.2 Å². The van der Waals surface area contributed by atoms with E-state index in [1.54, 1.807) is 12.1 Å². The Morgan fingerprint density at radius 2 is 1.74 bits per heavy atom. The quantitative estimate of drug-likeness (QED) is 0.825. The van der Waals surface area contributed by atoms with E-state index in [0.717, 1.165) is 37.3 Å². The summed E-state index contributed by atoms with van der Waals surface area (Å²) in [6.45, 7) is -1.50. The Hall–Kier alpha value is -2.47. The number of nitrogens with zero attached hydrogens (tertiary/aromatic N) is 2. The fourth-order valence-electron chi connectivity index (χ4n) is 4.09. The molecule has 4 nitrogen and oxygen atoms in total. The third-order valence-corrected chi connectivity index (χ3v) is 5.29. The van der Waals surface area contributed by atoms with Crippen LogP contribution < -0.4 is 9.64 Å². The molecule has 0 spiro atoms. The van der Waals surface area contributed by atoms with Crippen molar-refractivity contribution in [2.24, 2.45) is 0 Å². The maximum absolute atomic E-state index is 12.4. The van der Waals surface area contributed by atoms with Crippen molar-refractivity contribution in [2.75, 3.05) is 18.0 Å². The molecule has 27 heavy (non-hydrogen) atoms. The van der Waals surface area contributed by atoms with Crippen LogP contribution in [0.25, 0.3) is 0 Å². The zero-order valence-corrected chi connectivity index (χ0v) is 15.0. The molecule has 6 heteroatoms. The van der Waals surface area contributed by atoms with Gasteiger partial charge in [0.05, 0.1) is 6.54 Å². The molecule has 2 heterocycles. The topological polar surface area (TPSA) is 35.7 Å². The summed E-state index contributed by atoms with van der Waals surface area (Å²) in [6.07, 6.45) is 4.28. The molecule has 0 amide bonds. The molecule has 2 aliphatic rings. The van der Waals surface area contributed by atoms with Gasteiger partial charge in [-0.1, -0.05) is 18.2 Å². The zero-order valence-electron chi connectivity index (χ0n) is 15.0. The number of anilines is 1. The number of benzene rings is 2. The van der Waals surface area contributed by atoms with Crippen LogP contribution in [0.3, 0.4) is 0 Å². The summed E-state index contributed by atoms with van der Waals surface area (Å²) in [6, 6.07) is 16.1. The first-order valence-electron chi connectivity index (χ1n) is 9.32. The van der Waals surface area contributed by atoms with Crippen molar-refractivity contribution in [3.63, 3.8) is 0 Å². The van der Waals surface area contributed by atoms with Gasteiger partial charge in [0.2, 0.25) is 0 Å². The average Bonchev–Trinajstić information content (AvgIpc) is 2.78. The lowest BCUT2D eigenvalue weighted by molar-refractivity contribution is -0.534. The molecule has 2 aromatic carbocycles. The van der Waals surface area contributed by atoms with Crippen LogP contribution in [0.5, 0.6) is 5.75 Å². The van der Waals surface area contributed by atoms with Gasteiger partial charge in [-0.05, 0) is 55.7 Å². The van der Waals surface area contributed by atoms with Gasteiger partial charge in [0, 0.05) is 12.0 Å². The molecular weight excluding hydrogens is 350 g/mol. The van der Waals surface area contributed by atoms with E-state index in [4.69, 9.17) is 0 Å². The Balaban J connectivity index is 1.73. The van der Waals surface area contributed by atoms with E-state index in [9.17, 15) is 13.9 Å². The molecular formula is C21H23F2N2O2+. The highest BCUT2D eigenvalue weighted by Gasteiger charge is 2.53. The molecule has 0 aliphatic carbocycles. The van der Waals surface area contributed by atoms with Crippen LogP contribution in [0, 0.1) is 0 Å². The number of amidine groups is 1. The van der Waals surface area contributed by atoms with Gasteiger partial charge in [-0.3, -0.25) is 4.58 Å². The number of hydrogen-bond donors (Lipinski definition) is 1. The van der Waals surface area contributed by atoms with Crippen molar-refractivity contribution < 1.29 is 23.2 Å². The van der Waals surface area contributed by atoms with Gasteiger partial charge in [-0.25, -0.2) is 0 Å². The van der Waals surface area contributed by atoms with Crippen molar-refractivity contribution in [3.8, 4) is 5.75 Å². The van der Waals surface area contributed by atoms with Crippen LogP contribution in [-0.2, 0) is 5.72 Å². The van der Waals surface area contributed by atoms with E-state index in [1.807, 2.05) is 35.2 Å². The first-order valence-corrected chi connectivity index (χ1v) is 9.32. The van der Waals surface area contributed by atoms with E-state index in [1.165, 1.54) is 18.6 Å². The molecule has 0 saturated carbocycles. The standard InChI is InChI=1S/C21H23F2N2O2/c22-20(23)27-18-12-10-16(11-13-18)21(26)15-24-14-6-2-5-9-19(24)25(21)17-7-3-1-4-8-17/h1,3-4,7-8,10-13,20,26H,2,5-6,9,14-15H2/q+1/t21-/m0/s1. The van der Waals surface area contributed by atoms with Crippen molar-refractivity contribution in [1.29, 1.82) is 0 Å². The predicted molar refractivity (Wildman–Crippen MR) is 99.4 cm³/mol. The first kappa shape index (κ1) is 17.9. The van der Waals surface area contributed by atoms with Crippen molar-refractivity contribution in [1.82, 2.24) is 0 Å². The number of aliphatic hydroxyl groups is 1. The minimum absolute atomic E-state index is 0.0868. The van der Waals surface area contributed by atoms with Crippen LogP contribution in [0.2, 0.25) is 0 Å². The first-order chi connectivity index (χ1) is 13.1. The van der Waals surface area contributed by atoms with E-state index in [0.29, 0.717) is 12.1 Å². The average molecular weight is 373 g/mol. The molecule has 0 bridgehead atoms. The maximum atomic E-state index is 12.4. The highest BCUT2D eigenvalue weighted by atomic mass is 19.3. The molecule has 0 saturated heterocycles. The van der Waals surface area contributed by atoms with Gasteiger partial charge in [-0.15, -0.1) is 0 Å². The molecule has 2 aromatic rings. The van der Waals surface area contributed by atoms with Gasteiger partial charge in [0.1, 0.15) is 11.4 Å². The number of halogens is 2. The zero-order chi connectivity index (χ0) is 18.9. The summed E-state index contributed by atoms with van der Waals surface area (Å²) >= 11 is 0. The van der Waals surface area contributed by atoms with Crippen molar-refractivity contribution in [3.05, 3.63) is 60.2 Å². The lowest BCUT2D eigenvalue weighted by Gasteiger charge is -2.29. The Morgan fingerprint density at radius 3 is 2.44 bits per heavy atom. The Morgan fingerprint density at radius 1 is 1.00 bits per heavy atom. The molecule has 4 rings (SSSR count). The van der Waals surface area contributed by atoms with E-state index in [-0.39, 0.29) is 5.75 Å². The summed E-state index contributed by atoms with van der Waals surface area (Å²) in [5, 5.41) is 11.7. The molecule has 1 atom stereocenters. The summed E-state index contributed by atoms with van der Waals surface area (Å²) in [7, 11) is 0. The predicted octanol–water partition coefficient (Wildman–Crippen LogP) is 3.94. The van der Waals surface area contributed by atoms with E-state index >= 15 is 0 Å². The number of para-hydroxylation sites is 1. The molecule has 0 unspecified atom stereocenters. The van der Waals surface area contributed by atoms with E-state index < -0.39 is 12.3 Å². The normalized spacial score (nSPS) is 22.7. The molecule has 1 N–H and O–H groups in total. The molecule has 2 aliphatic heterocycles. The van der Waals surface area contributed by atoms with Gasteiger partial charge >= 0.3 is 6.61 Å². The third-order valence-electron chi connectivity index (χ3n) is 5.29. The molecule has 0 aromatic heterocycles. The van der Waals surface area contributed by atoms with Crippen LogP contribution >= 0.6 is 0 Å². The maximum Gasteiger partial charge on any atom is 0.387 e. The van der Waals surface area contributed by atoms with Gasteiger partial charge in [0.25, 0.3) is 11.6 Å². The second-order valence-corrected chi connectivity index (χ2v) is 7.04. The van der Waals surface area contributed by atoms with Gasteiger partial charge in [-0.2, -0.15) is 13.7 Å².